The Kier molecular flexibility index (Phi) is 5.32. The third kappa shape index (κ3) is 3.85. The molecule has 1 amide bonds. The number of halogens is 1. The van der Waals surface area contributed by atoms with Gasteiger partial charge in [-0.2, -0.15) is 0 Å². The molecular weight excluding hydrogens is 256 g/mol. The maximum atomic E-state index is 11.8. The fourth-order valence-electron chi connectivity index (χ4n) is 1.39. The number of carbonyl (C=O) groups is 1. The molecule has 96 valence electrons. The van der Waals surface area contributed by atoms with Crippen molar-refractivity contribution in [3.05, 3.63) is 51.6 Å². The minimum atomic E-state index is -0.602. The number of allylic oxidation sites excluding steroid dienone is 1. The third-order valence-electron chi connectivity index (χ3n) is 2.27. The first-order valence-corrected chi connectivity index (χ1v) is 5.77. The number of nitro groups is 1. The molecule has 1 N–H and O–H groups in total. The van der Waals surface area contributed by atoms with Gasteiger partial charge in [0.05, 0.1) is 4.92 Å². The maximum absolute atomic E-state index is 11.8. The van der Waals surface area contributed by atoms with E-state index in [9.17, 15) is 14.9 Å². The van der Waals surface area contributed by atoms with E-state index in [-0.39, 0.29) is 16.3 Å². The smallest absolute Gasteiger partial charge is 0.282 e. The van der Waals surface area contributed by atoms with Crippen LogP contribution in [0.1, 0.15) is 23.2 Å². The number of unbranched alkanes of at least 4 members (excludes halogenated alkanes) is 1. The van der Waals surface area contributed by atoms with Crippen LogP contribution >= 0.6 is 11.6 Å². The maximum Gasteiger partial charge on any atom is 0.282 e. The van der Waals surface area contributed by atoms with Crippen LogP contribution < -0.4 is 5.32 Å². The summed E-state index contributed by atoms with van der Waals surface area (Å²) in [5, 5.41) is 13.7. The second-order valence-electron chi connectivity index (χ2n) is 3.61. The SMILES string of the molecule is C=CCCCNC(=O)c1cc(Cl)ccc1[N+](=O)[O-]. The van der Waals surface area contributed by atoms with E-state index < -0.39 is 10.8 Å². The summed E-state index contributed by atoms with van der Waals surface area (Å²) in [6.07, 6.45) is 3.26. The molecule has 0 fully saturated rings. The van der Waals surface area contributed by atoms with Gasteiger partial charge in [0.25, 0.3) is 11.6 Å². The van der Waals surface area contributed by atoms with Crippen molar-refractivity contribution in [2.75, 3.05) is 6.54 Å². The van der Waals surface area contributed by atoms with E-state index in [1.165, 1.54) is 18.2 Å². The molecule has 1 aromatic rings. The molecule has 0 aliphatic rings. The molecular formula is C12H13ClN2O3. The summed E-state index contributed by atoms with van der Waals surface area (Å²) in [6, 6.07) is 3.90. The van der Waals surface area contributed by atoms with E-state index in [1.54, 1.807) is 6.08 Å². The number of nitro benzene ring substituents is 1. The molecule has 0 atom stereocenters. The van der Waals surface area contributed by atoms with Crippen molar-refractivity contribution < 1.29 is 9.72 Å². The second kappa shape index (κ2) is 6.76. The monoisotopic (exact) mass is 268 g/mol. The standard InChI is InChI=1S/C12H13ClN2O3/c1-2-3-4-7-14-12(16)10-8-9(13)5-6-11(10)15(17)18/h2,5-6,8H,1,3-4,7H2,(H,14,16). The molecule has 0 radical (unpaired) electrons. The van der Waals surface area contributed by atoms with E-state index in [2.05, 4.69) is 11.9 Å². The Labute approximate surface area is 110 Å². The molecule has 5 nitrogen and oxygen atoms in total. The molecule has 0 aromatic heterocycles. The quantitative estimate of drug-likeness (QED) is 0.373. The predicted molar refractivity (Wildman–Crippen MR) is 69.9 cm³/mol. The molecule has 1 aromatic carbocycles. The van der Waals surface area contributed by atoms with E-state index in [0.717, 1.165) is 12.8 Å². The van der Waals surface area contributed by atoms with Crippen LogP contribution in [0.4, 0.5) is 5.69 Å². The zero-order chi connectivity index (χ0) is 13.5. The Morgan fingerprint density at radius 1 is 1.56 bits per heavy atom. The number of carbonyl (C=O) groups excluding carboxylic acids is 1. The lowest BCUT2D eigenvalue weighted by Gasteiger charge is -2.05. The predicted octanol–water partition coefficient (Wildman–Crippen LogP) is 2.94. The Morgan fingerprint density at radius 3 is 2.89 bits per heavy atom. The van der Waals surface area contributed by atoms with Gasteiger partial charge in [0, 0.05) is 17.6 Å². The van der Waals surface area contributed by atoms with Gasteiger partial charge in [0.2, 0.25) is 0 Å². The highest BCUT2D eigenvalue weighted by Crippen LogP contribution is 2.22. The third-order valence-corrected chi connectivity index (χ3v) is 2.51. The number of nitrogens with one attached hydrogen (secondary N) is 1. The van der Waals surface area contributed by atoms with Gasteiger partial charge in [-0.05, 0) is 25.0 Å². The molecule has 6 heteroatoms. The normalized spacial score (nSPS) is 9.83. The summed E-state index contributed by atoms with van der Waals surface area (Å²) in [7, 11) is 0. The Morgan fingerprint density at radius 2 is 2.28 bits per heavy atom. The van der Waals surface area contributed by atoms with Crippen molar-refractivity contribution in [2.24, 2.45) is 0 Å². The van der Waals surface area contributed by atoms with Crippen LogP contribution in [0.15, 0.2) is 30.9 Å². The van der Waals surface area contributed by atoms with E-state index >= 15 is 0 Å². The zero-order valence-corrected chi connectivity index (χ0v) is 10.4. The average Bonchev–Trinajstić information content (AvgIpc) is 2.34. The van der Waals surface area contributed by atoms with E-state index in [4.69, 9.17) is 11.6 Å². The van der Waals surface area contributed by atoms with Gasteiger partial charge in [-0.1, -0.05) is 17.7 Å². The molecule has 0 saturated carbocycles. The fraction of sp³-hybridized carbons (Fsp3) is 0.250. The fourth-order valence-corrected chi connectivity index (χ4v) is 1.56. The lowest BCUT2D eigenvalue weighted by Crippen LogP contribution is -2.25. The number of hydrogen-bond donors (Lipinski definition) is 1. The number of hydrogen-bond acceptors (Lipinski definition) is 3. The average molecular weight is 269 g/mol. The Hall–Kier alpha value is -1.88. The van der Waals surface area contributed by atoms with Crippen LogP contribution in [0.25, 0.3) is 0 Å². The molecule has 0 saturated heterocycles. The molecule has 1 rings (SSSR count). The lowest BCUT2D eigenvalue weighted by molar-refractivity contribution is -0.385. The van der Waals surface area contributed by atoms with E-state index in [1.807, 2.05) is 0 Å². The largest absolute Gasteiger partial charge is 0.352 e. The number of nitrogens with zero attached hydrogens (tertiary/aromatic N) is 1. The lowest BCUT2D eigenvalue weighted by atomic mass is 10.1. The molecule has 0 heterocycles. The van der Waals surface area contributed by atoms with Crippen molar-refractivity contribution in [3.63, 3.8) is 0 Å². The van der Waals surface area contributed by atoms with Crippen molar-refractivity contribution in [3.8, 4) is 0 Å². The van der Waals surface area contributed by atoms with Crippen molar-refractivity contribution in [2.45, 2.75) is 12.8 Å². The molecule has 0 aliphatic carbocycles. The molecule has 0 bridgehead atoms. The van der Waals surface area contributed by atoms with Crippen molar-refractivity contribution in [1.29, 1.82) is 0 Å². The Balaban J connectivity index is 2.80. The van der Waals surface area contributed by atoms with Gasteiger partial charge in [-0.25, -0.2) is 0 Å². The molecule has 0 aliphatic heterocycles. The van der Waals surface area contributed by atoms with E-state index in [0.29, 0.717) is 6.54 Å². The molecule has 18 heavy (non-hydrogen) atoms. The van der Waals surface area contributed by atoms with Gasteiger partial charge in [-0.15, -0.1) is 6.58 Å². The molecule has 0 spiro atoms. The van der Waals surface area contributed by atoms with Crippen LogP contribution in [-0.2, 0) is 0 Å². The first-order valence-electron chi connectivity index (χ1n) is 5.39. The highest BCUT2D eigenvalue weighted by molar-refractivity contribution is 6.31. The number of amides is 1. The topological polar surface area (TPSA) is 72.2 Å². The first kappa shape index (κ1) is 14.2. The summed E-state index contributed by atoms with van der Waals surface area (Å²) in [4.78, 5) is 22.0. The summed E-state index contributed by atoms with van der Waals surface area (Å²) in [5.74, 6) is -0.492. The number of rotatable bonds is 6. The summed E-state index contributed by atoms with van der Waals surface area (Å²) >= 11 is 5.73. The van der Waals surface area contributed by atoms with Crippen LogP contribution in [0.2, 0.25) is 5.02 Å². The zero-order valence-electron chi connectivity index (χ0n) is 9.69. The van der Waals surface area contributed by atoms with Crippen LogP contribution in [0.5, 0.6) is 0 Å². The van der Waals surface area contributed by atoms with Crippen LogP contribution in [0, 0.1) is 10.1 Å². The highest BCUT2D eigenvalue weighted by Gasteiger charge is 2.19. The van der Waals surface area contributed by atoms with Crippen molar-refractivity contribution in [1.82, 2.24) is 5.32 Å². The summed E-state index contributed by atoms with van der Waals surface area (Å²) < 4.78 is 0. The van der Waals surface area contributed by atoms with Crippen LogP contribution in [0.3, 0.4) is 0 Å². The Bertz CT molecular complexity index is 474. The summed E-state index contributed by atoms with van der Waals surface area (Å²) in [5.41, 5.74) is -0.272. The van der Waals surface area contributed by atoms with Crippen LogP contribution in [-0.4, -0.2) is 17.4 Å². The van der Waals surface area contributed by atoms with Gasteiger partial charge < -0.3 is 5.32 Å². The molecule has 0 unspecified atom stereocenters. The minimum absolute atomic E-state index is 0.0221. The highest BCUT2D eigenvalue weighted by atomic mass is 35.5. The number of benzene rings is 1. The summed E-state index contributed by atoms with van der Waals surface area (Å²) in [6.45, 7) is 4.00. The first-order chi connectivity index (χ1) is 8.56. The minimum Gasteiger partial charge on any atom is -0.352 e. The van der Waals surface area contributed by atoms with Gasteiger partial charge in [-0.3, -0.25) is 14.9 Å². The van der Waals surface area contributed by atoms with Gasteiger partial charge in [0.1, 0.15) is 5.56 Å². The van der Waals surface area contributed by atoms with Gasteiger partial charge in [0.15, 0.2) is 0 Å². The second-order valence-corrected chi connectivity index (χ2v) is 4.04. The van der Waals surface area contributed by atoms with Crippen molar-refractivity contribution >= 4 is 23.2 Å². The van der Waals surface area contributed by atoms with Gasteiger partial charge >= 0.3 is 0 Å².